The van der Waals surface area contributed by atoms with Gasteiger partial charge in [0.05, 0.1) is 38.9 Å². The van der Waals surface area contributed by atoms with Crippen molar-refractivity contribution in [3.63, 3.8) is 0 Å². The number of rotatable bonds is 14. The molecule has 1 fully saturated rings. The summed E-state index contributed by atoms with van der Waals surface area (Å²) in [7, 11) is 6.50. The monoisotopic (exact) mass is 685 g/mol. The molecule has 2 aromatic heterocycles. The Balaban J connectivity index is 1.07. The van der Waals surface area contributed by atoms with Gasteiger partial charge in [-0.05, 0) is 79.2 Å². The molecule has 3 aromatic carbocycles. The van der Waals surface area contributed by atoms with E-state index in [0.717, 1.165) is 61.4 Å². The topological polar surface area (TPSA) is 81.1 Å². The summed E-state index contributed by atoms with van der Waals surface area (Å²) in [6, 6.07) is 22.8. The second kappa shape index (κ2) is 15.7. The molecule has 1 aliphatic rings. The highest BCUT2D eigenvalue weighted by Gasteiger charge is 2.26. The van der Waals surface area contributed by atoms with Crippen molar-refractivity contribution in [1.29, 1.82) is 0 Å². The summed E-state index contributed by atoms with van der Waals surface area (Å²) < 4.78 is 32.2. The predicted octanol–water partition coefficient (Wildman–Crippen LogP) is 7.13. The molecule has 0 aliphatic carbocycles. The van der Waals surface area contributed by atoms with Gasteiger partial charge in [0.2, 0.25) is 11.7 Å². The summed E-state index contributed by atoms with van der Waals surface area (Å²) in [5.74, 6) is 2.09. The largest absolute Gasteiger partial charge is 0.493 e. The van der Waals surface area contributed by atoms with Crippen LogP contribution in [0.5, 0.6) is 17.2 Å². The van der Waals surface area contributed by atoms with E-state index in [1.165, 1.54) is 17.0 Å². The Morgan fingerprint density at radius 3 is 2.37 bits per heavy atom. The molecule has 0 spiro atoms. The highest BCUT2D eigenvalue weighted by atomic mass is 32.1. The molecule has 1 saturated heterocycles. The summed E-state index contributed by atoms with van der Waals surface area (Å²) in [5, 5.41) is 5.84. The van der Waals surface area contributed by atoms with Crippen molar-refractivity contribution >= 4 is 34.2 Å². The lowest BCUT2D eigenvalue weighted by Crippen LogP contribution is -2.40. The van der Waals surface area contributed by atoms with Crippen LogP contribution in [0.25, 0.3) is 11.0 Å². The van der Waals surface area contributed by atoms with Crippen LogP contribution in [-0.4, -0.2) is 85.9 Å². The van der Waals surface area contributed by atoms with Gasteiger partial charge in [-0.3, -0.25) is 4.79 Å². The van der Waals surface area contributed by atoms with E-state index in [-0.39, 0.29) is 17.6 Å². The molecule has 9 nitrogen and oxygen atoms in total. The molecule has 11 heteroatoms. The highest BCUT2D eigenvalue weighted by molar-refractivity contribution is 7.10. The number of carbonyl (C=O) groups is 1. The standard InChI is InChI=1S/C38H44FN5O4S/c1-42(37(45)28-22-33(46-2)36(48-4)34(23-28)47-3)25-27(35-10-7-21-49-35)15-18-43-19-16-30(17-20-43)40-38-41-31-8-5-6-9-32(31)44(38)24-26-11-13-29(39)14-12-26/h5-14,21-23,27,30H,15-20,24-25H2,1-4H3,(H,40,41). The first-order chi connectivity index (χ1) is 23.9. The van der Waals surface area contributed by atoms with Crippen LogP contribution < -0.4 is 19.5 Å². The van der Waals surface area contributed by atoms with Crippen LogP contribution in [-0.2, 0) is 6.54 Å². The number of aromatic nitrogens is 2. The number of thiophene rings is 1. The van der Waals surface area contributed by atoms with E-state index in [9.17, 15) is 9.18 Å². The number of halogens is 1. The number of methoxy groups -OCH3 is 3. The summed E-state index contributed by atoms with van der Waals surface area (Å²) in [4.78, 5) is 24.1. The lowest BCUT2D eigenvalue weighted by molar-refractivity contribution is 0.0781. The number of likely N-dealkylation sites (tertiary alicyclic amines) is 1. The maximum Gasteiger partial charge on any atom is 0.253 e. The molecule has 1 amide bonds. The SMILES string of the molecule is COc1cc(C(=O)N(C)CC(CCN2CCC(Nc3nc4ccccc4n3Cc3ccc(F)cc3)CC2)c2cccs2)cc(OC)c1OC. The van der Waals surface area contributed by atoms with Crippen LogP contribution in [0.15, 0.2) is 78.2 Å². The summed E-state index contributed by atoms with van der Waals surface area (Å²) >= 11 is 1.74. The quantitative estimate of drug-likeness (QED) is 0.133. The maximum absolute atomic E-state index is 13.6. The number of piperidine rings is 1. The summed E-state index contributed by atoms with van der Waals surface area (Å²) in [6.45, 7) is 4.12. The maximum atomic E-state index is 13.6. The van der Waals surface area contributed by atoms with Gasteiger partial charge in [0, 0.05) is 49.1 Å². The van der Waals surface area contributed by atoms with Crippen molar-refractivity contribution in [2.75, 3.05) is 59.9 Å². The van der Waals surface area contributed by atoms with Crippen LogP contribution in [0, 0.1) is 5.82 Å². The molecule has 0 saturated carbocycles. The van der Waals surface area contributed by atoms with E-state index >= 15 is 0 Å². The van der Waals surface area contributed by atoms with Gasteiger partial charge in [0.1, 0.15) is 5.82 Å². The molecule has 49 heavy (non-hydrogen) atoms. The first-order valence-corrected chi connectivity index (χ1v) is 17.5. The molecule has 0 bridgehead atoms. The average molecular weight is 686 g/mol. The number of likely N-dealkylation sites (N-methyl/N-ethyl adjacent to an activating group) is 1. The van der Waals surface area contributed by atoms with Gasteiger partial charge in [-0.2, -0.15) is 0 Å². The number of anilines is 1. The summed E-state index contributed by atoms with van der Waals surface area (Å²) in [6.07, 6.45) is 2.95. The normalized spacial score (nSPS) is 14.5. The second-order valence-electron chi connectivity index (χ2n) is 12.5. The van der Waals surface area contributed by atoms with Crippen molar-refractivity contribution in [2.45, 2.75) is 37.8 Å². The van der Waals surface area contributed by atoms with E-state index in [0.29, 0.717) is 41.9 Å². The zero-order valence-electron chi connectivity index (χ0n) is 28.5. The number of amides is 1. The van der Waals surface area contributed by atoms with Crippen LogP contribution in [0.3, 0.4) is 0 Å². The van der Waals surface area contributed by atoms with E-state index in [4.69, 9.17) is 19.2 Å². The fourth-order valence-corrected chi connectivity index (χ4v) is 7.48. The first-order valence-electron chi connectivity index (χ1n) is 16.6. The molecule has 258 valence electrons. The lowest BCUT2D eigenvalue weighted by Gasteiger charge is -2.34. The minimum atomic E-state index is -0.234. The van der Waals surface area contributed by atoms with Gasteiger partial charge >= 0.3 is 0 Å². The molecule has 6 rings (SSSR count). The number of nitrogens with one attached hydrogen (secondary N) is 1. The summed E-state index contributed by atoms with van der Waals surface area (Å²) in [5.41, 5.74) is 3.51. The van der Waals surface area contributed by atoms with Crippen molar-refractivity contribution in [3.05, 3.63) is 100.0 Å². The Bertz CT molecular complexity index is 1810. The number of hydrogen-bond donors (Lipinski definition) is 1. The number of nitrogens with zero attached hydrogens (tertiary/aromatic N) is 4. The Kier molecular flexibility index (Phi) is 11.0. The van der Waals surface area contributed by atoms with Crippen molar-refractivity contribution in [3.8, 4) is 17.2 Å². The Labute approximate surface area is 291 Å². The van der Waals surface area contributed by atoms with Gasteiger partial charge in [-0.1, -0.05) is 30.3 Å². The second-order valence-corrected chi connectivity index (χ2v) is 13.5. The van der Waals surface area contributed by atoms with Crippen molar-refractivity contribution in [1.82, 2.24) is 19.4 Å². The van der Waals surface area contributed by atoms with Crippen LogP contribution in [0.1, 0.15) is 46.0 Å². The van der Waals surface area contributed by atoms with E-state index in [1.807, 2.05) is 37.4 Å². The number of para-hydroxylation sites is 2. The molecular weight excluding hydrogens is 642 g/mol. The van der Waals surface area contributed by atoms with Gasteiger partial charge in [0.25, 0.3) is 5.91 Å². The highest BCUT2D eigenvalue weighted by Crippen LogP contribution is 2.38. The zero-order chi connectivity index (χ0) is 34.3. The molecular formula is C38H44FN5O4S. The van der Waals surface area contributed by atoms with Crippen LogP contribution >= 0.6 is 11.3 Å². The molecule has 0 radical (unpaired) electrons. The smallest absolute Gasteiger partial charge is 0.253 e. The molecule has 5 aromatic rings. The zero-order valence-corrected chi connectivity index (χ0v) is 29.3. The average Bonchev–Trinajstić information content (AvgIpc) is 3.79. The molecule has 1 atom stereocenters. The van der Waals surface area contributed by atoms with Crippen LogP contribution in [0.2, 0.25) is 0 Å². The van der Waals surface area contributed by atoms with E-state index in [2.05, 4.69) is 38.4 Å². The van der Waals surface area contributed by atoms with Crippen LogP contribution in [0.4, 0.5) is 10.3 Å². The van der Waals surface area contributed by atoms with Crippen molar-refractivity contribution < 1.29 is 23.4 Å². The van der Waals surface area contributed by atoms with Gasteiger partial charge in [-0.15, -0.1) is 11.3 Å². The third-order valence-corrected chi connectivity index (χ3v) is 10.4. The Hall–Kier alpha value is -4.61. The van der Waals surface area contributed by atoms with Crippen molar-refractivity contribution in [2.24, 2.45) is 0 Å². The molecule has 1 aliphatic heterocycles. The Morgan fingerprint density at radius 2 is 1.71 bits per heavy atom. The lowest BCUT2D eigenvalue weighted by atomic mass is 10.00. The third-order valence-electron chi connectivity index (χ3n) is 9.32. The van der Waals surface area contributed by atoms with Gasteiger partial charge in [0.15, 0.2) is 11.5 Å². The minimum absolute atomic E-state index is 0.0989. The number of benzene rings is 3. The van der Waals surface area contributed by atoms with E-state index in [1.54, 1.807) is 49.7 Å². The molecule has 1 unspecified atom stereocenters. The molecule has 1 N–H and O–H groups in total. The predicted molar refractivity (Wildman–Crippen MR) is 193 cm³/mol. The van der Waals surface area contributed by atoms with Gasteiger partial charge < -0.3 is 33.9 Å². The fraction of sp³-hybridized carbons (Fsp3) is 0.368. The number of fused-ring (bicyclic) bond motifs is 1. The van der Waals surface area contributed by atoms with E-state index < -0.39 is 0 Å². The number of imidazole rings is 1. The number of hydrogen-bond acceptors (Lipinski definition) is 8. The molecule has 3 heterocycles. The third kappa shape index (κ3) is 8.00. The first kappa shape index (κ1) is 34.3. The number of ether oxygens (including phenoxy) is 3. The number of carbonyl (C=O) groups excluding carboxylic acids is 1. The Morgan fingerprint density at radius 1 is 1.00 bits per heavy atom. The van der Waals surface area contributed by atoms with Gasteiger partial charge in [-0.25, -0.2) is 9.37 Å². The minimum Gasteiger partial charge on any atom is -0.493 e. The fourth-order valence-electron chi connectivity index (χ4n) is 6.63.